The molecular formula is C22H32IN5O. The molecular weight excluding hydrogens is 477 g/mol. The Morgan fingerprint density at radius 3 is 2.59 bits per heavy atom. The summed E-state index contributed by atoms with van der Waals surface area (Å²) in [6.45, 7) is 6.98. The number of benzene rings is 1. The number of nitrogens with one attached hydrogen (secondary N) is 1. The van der Waals surface area contributed by atoms with Gasteiger partial charge in [-0.15, -0.1) is 24.0 Å². The molecule has 0 aliphatic carbocycles. The number of hydrogen-bond acceptors (Lipinski definition) is 4. The van der Waals surface area contributed by atoms with E-state index in [-0.39, 0.29) is 24.0 Å². The molecule has 0 unspecified atom stereocenters. The summed E-state index contributed by atoms with van der Waals surface area (Å²) in [5, 5.41) is 7.48. The molecule has 0 amide bonds. The van der Waals surface area contributed by atoms with E-state index in [1.807, 2.05) is 7.05 Å². The minimum absolute atomic E-state index is 0. The van der Waals surface area contributed by atoms with Gasteiger partial charge in [-0.25, -0.2) is 0 Å². The van der Waals surface area contributed by atoms with Crippen LogP contribution in [0.25, 0.3) is 6.08 Å². The normalized spacial score (nSPS) is 14.7. The topological polar surface area (TPSA) is 66.5 Å². The van der Waals surface area contributed by atoms with Gasteiger partial charge in [-0.2, -0.15) is 4.98 Å². The molecule has 1 aromatic heterocycles. The van der Waals surface area contributed by atoms with Crippen molar-refractivity contribution >= 4 is 36.0 Å². The summed E-state index contributed by atoms with van der Waals surface area (Å²) >= 11 is 0. The van der Waals surface area contributed by atoms with Crippen LogP contribution in [0.1, 0.15) is 56.3 Å². The summed E-state index contributed by atoms with van der Waals surface area (Å²) in [7, 11) is 1.85. The summed E-state index contributed by atoms with van der Waals surface area (Å²) < 4.78 is 5.30. The average Bonchev–Trinajstić information content (AvgIpc) is 3.19. The highest BCUT2D eigenvalue weighted by atomic mass is 127. The maximum Gasteiger partial charge on any atom is 0.226 e. The van der Waals surface area contributed by atoms with Gasteiger partial charge >= 0.3 is 0 Å². The van der Waals surface area contributed by atoms with E-state index in [1.165, 1.54) is 11.1 Å². The molecule has 2 heterocycles. The fourth-order valence-electron chi connectivity index (χ4n) is 3.31. The van der Waals surface area contributed by atoms with Crippen LogP contribution in [0.3, 0.4) is 0 Å². The van der Waals surface area contributed by atoms with Crippen molar-refractivity contribution in [2.24, 2.45) is 4.99 Å². The molecule has 7 heteroatoms. The molecule has 0 saturated carbocycles. The summed E-state index contributed by atoms with van der Waals surface area (Å²) in [5.74, 6) is 2.78. The lowest BCUT2D eigenvalue weighted by Crippen LogP contribution is -2.44. The zero-order valence-corrected chi connectivity index (χ0v) is 19.9. The minimum Gasteiger partial charge on any atom is -0.356 e. The van der Waals surface area contributed by atoms with E-state index in [0.29, 0.717) is 11.8 Å². The molecule has 1 aliphatic rings. The van der Waals surface area contributed by atoms with Gasteiger partial charge in [-0.1, -0.05) is 61.0 Å². The van der Waals surface area contributed by atoms with Gasteiger partial charge < -0.3 is 14.7 Å². The fourth-order valence-corrected chi connectivity index (χ4v) is 3.31. The quantitative estimate of drug-likeness (QED) is 0.269. The maximum absolute atomic E-state index is 5.30. The van der Waals surface area contributed by atoms with Gasteiger partial charge in [0.25, 0.3) is 0 Å². The molecule has 158 valence electrons. The lowest BCUT2D eigenvalue weighted by atomic mass is 10.0. The number of piperidine rings is 1. The first kappa shape index (κ1) is 23.4. The zero-order chi connectivity index (χ0) is 19.8. The second-order valence-electron chi connectivity index (χ2n) is 7.48. The Balaban J connectivity index is 0.00000300. The number of aliphatic imine (C=N–C) groups is 1. The largest absolute Gasteiger partial charge is 0.356 e. The number of aryl methyl sites for hydroxylation is 1. The second-order valence-corrected chi connectivity index (χ2v) is 7.48. The van der Waals surface area contributed by atoms with E-state index < -0.39 is 0 Å². The monoisotopic (exact) mass is 509 g/mol. The van der Waals surface area contributed by atoms with Crippen LogP contribution >= 0.6 is 24.0 Å². The molecule has 0 radical (unpaired) electrons. The first-order valence-corrected chi connectivity index (χ1v) is 10.2. The SMILES string of the molecule is CN=C(NCCCc1nc(C(C)C)no1)N1CCC(=Cc2ccccc2)CC1.I. The zero-order valence-electron chi connectivity index (χ0n) is 17.6. The van der Waals surface area contributed by atoms with Gasteiger partial charge in [0, 0.05) is 39.0 Å². The van der Waals surface area contributed by atoms with Crippen molar-refractivity contribution in [3.8, 4) is 0 Å². The van der Waals surface area contributed by atoms with Crippen LogP contribution < -0.4 is 5.32 Å². The lowest BCUT2D eigenvalue weighted by molar-refractivity contribution is 0.364. The van der Waals surface area contributed by atoms with Crippen molar-refractivity contribution in [3.63, 3.8) is 0 Å². The third kappa shape index (κ3) is 7.13. The van der Waals surface area contributed by atoms with E-state index in [4.69, 9.17) is 4.52 Å². The van der Waals surface area contributed by atoms with Gasteiger partial charge in [0.1, 0.15) is 0 Å². The van der Waals surface area contributed by atoms with Gasteiger partial charge in [0.15, 0.2) is 11.8 Å². The van der Waals surface area contributed by atoms with Crippen LogP contribution in [0.15, 0.2) is 45.4 Å². The highest BCUT2D eigenvalue weighted by Gasteiger charge is 2.17. The molecule has 1 aliphatic heterocycles. The Morgan fingerprint density at radius 1 is 1.24 bits per heavy atom. The van der Waals surface area contributed by atoms with Crippen molar-refractivity contribution in [2.75, 3.05) is 26.7 Å². The van der Waals surface area contributed by atoms with Crippen LogP contribution in [-0.4, -0.2) is 47.7 Å². The molecule has 2 aromatic rings. The first-order valence-electron chi connectivity index (χ1n) is 10.2. The minimum atomic E-state index is 0. The molecule has 0 bridgehead atoms. The standard InChI is InChI=1S/C22H31N5O.HI/c1-17(2)21-25-20(28-26-21)10-7-13-24-22(23-3)27-14-11-19(12-15-27)16-18-8-5-4-6-9-18;/h4-6,8-9,16-17H,7,10-15H2,1-3H3,(H,23,24);1H. The molecule has 29 heavy (non-hydrogen) atoms. The van der Waals surface area contributed by atoms with Crippen LogP contribution in [0.2, 0.25) is 0 Å². The summed E-state index contributed by atoms with van der Waals surface area (Å²) in [4.78, 5) is 11.2. The number of likely N-dealkylation sites (tertiary alicyclic amines) is 1. The molecule has 0 spiro atoms. The number of aromatic nitrogens is 2. The van der Waals surface area contributed by atoms with Gasteiger partial charge in [0.2, 0.25) is 5.89 Å². The van der Waals surface area contributed by atoms with E-state index in [0.717, 1.165) is 57.1 Å². The van der Waals surface area contributed by atoms with Gasteiger partial charge in [-0.05, 0) is 24.8 Å². The third-order valence-electron chi connectivity index (χ3n) is 4.94. The molecule has 3 rings (SSSR count). The number of nitrogens with zero attached hydrogens (tertiary/aromatic N) is 4. The number of halogens is 1. The Morgan fingerprint density at radius 2 is 1.97 bits per heavy atom. The van der Waals surface area contributed by atoms with Crippen LogP contribution in [-0.2, 0) is 6.42 Å². The molecule has 1 saturated heterocycles. The van der Waals surface area contributed by atoms with Crippen molar-refractivity contribution in [2.45, 2.75) is 45.4 Å². The Kier molecular flexibility index (Phi) is 9.63. The molecule has 6 nitrogen and oxygen atoms in total. The van der Waals surface area contributed by atoms with Crippen molar-refractivity contribution in [1.29, 1.82) is 0 Å². The van der Waals surface area contributed by atoms with E-state index in [1.54, 1.807) is 0 Å². The van der Waals surface area contributed by atoms with Gasteiger partial charge in [-0.3, -0.25) is 4.99 Å². The Bertz CT molecular complexity index is 791. The van der Waals surface area contributed by atoms with E-state index >= 15 is 0 Å². The first-order chi connectivity index (χ1) is 13.7. The number of guanidine groups is 1. The lowest BCUT2D eigenvalue weighted by Gasteiger charge is -2.31. The predicted octanol–water partition coefficient (Wildman–Crippen LogP) is 4.50. The highest BCUT2D eigenvalue weighted by Crippen LogP contribution is 2.19. The second kappa shape index (κ2) is 11.9. The number of hydrogen-bond donors (Lipinski definition) is 1. The van der Waals surface area contributed by atoms with Crippen LogP contribution in [0.4, 0.5) is 0 Å². The van der Waals surface area contributed by atoms with E-state index in [9.17, 15) is 0 Å². The smallest absolute Gasteiger partial charge is 0.226 e. The van der Waals surface area contributed by atoms with Crippen molar-refractivity contribution in [3.05, 3.63) is 53.2 Å². The van der Waals surface area contributed by atoms with E-state index in [2.05, 4.69) is 75.6 Å². The van der Waals surface area contributed by atoms with Crippen LogP contribution in [0, 0.1) is 0 Å². The Labute approximate surface area is 190 Å². The summed E-state index contributed by atoms with van der Waals surface area (Å²) in [5.41, 5.74) is 2.80. The Hall–Kier alpha value is -1.90. The predicted molar refractivity (Wildman–Crippen MR) is 129 cm³/mol. The molecule has 1 fully saturated rings. The summed E-state index contributed by atoms with van der Waals surface area (Å²) in [6, 6.07) is 10.6. The molecule has 1 N–H and O–H groups in total. The van der Waals surface area contributed by atoms with Crippen molar-refractivity contribution in [1.82, 2.24) is 20.4 Å². The fraction of sp³-hybridized carbons (Fsp3) is 0.500. The number of rotatable bonds is 6. The highest BCUT2D eigenvalue weighted by molar-refractivity contribution is 14.0. The average molecular weight is 509 g/mol. The maximum atomic E-state index is 5.30. The molecule has 1 aromatic carbocycles. The van der Waals surface area contributed by atoms with Crippen LogP contribution in [0.5, 0.6) is 0 Å². The summed E-state index contributed by atoms with van der Waals surface area (Å²) in [6.07, 6.45) is 6.20. The van der Waals surface area contributed by atoms with Gasteiger partial charge in [0.05, 0.1) is 0 Å². The third-order valence-corrected chi connectivity index (χ3v) is 4.94. The molecule has 0 atom stereocenters. The van der Waals surface area contributed by atoms with Crippen molar-refractivity contribution < 1.29 is 4.52 Å².